The number of ether oxygens (including phenoxy) is 2. The third-order valence-corrected chi connectivity index (χ3v) is 3.23. The molecule has 0 fully saturated rings. The Balaban J connectivity index is 4.56. The molecular weight excluding hydrogens is 236 g/mol. The Kier molecular flexibility index (Phi) is 9.46. The smallest absolute Gasteiger partial charge is 0.0961 e. The summed E-state index contributed by atoms with van der Waals surface area (Å²) in [6.07, 6.45) is 8.40. The molecule has 0 atom stereocenters. The summed E-state index contributed by atoms with van der Waals surface area (Å²) in [5.74, 6) is 0. The average Bonchev–Trinajstić information content (AvgIpc) is 2.34. The molecule has 0 saturated heterocycles. The number of rotatable bonds is 10. The second kappa shape index (κ2) is 9.94. The third kappa shape index (κ3) is 8.74. The molecule has 0 aromatic heterocycles. The Morgan fingerprint density at radius 2 is 1.37 bits per heavy atom. The molecule has 0 aromatic rings. The maximum Gasteiger partial charge on any atom is 0.0961 e. The van der Waals surface area contributed by atoms with E-state index >= 15 is 0 Å². The summed E-state index contributed by atoms with van der Waals surface area (Å²) in [6.45, 7) is 14.2. The van der Waals surface area contributed by atoms with E-state index in [2.05, 4.69) is 41.5 Å². The van der Waals surface area contributed by atoms with Crippen LogP contribution in [0.5, 0.6) is 0 Å². The molecule has 0 bridgehead atoms. The molecule has 0 rings (SSSR count). The Labute approximate surface area is 119 Å². The van der Waals surface area contributed by atoms with Gasteiger partial charge in [0.15, 0.2) is 0 Å². The van der Waals surface area contributed by atoms with Crippen LogP contribution in [0.25, 0.3) is 0 Å². The van der Waals surface area contributed by atoms with Gasteiger partial charge >= 0.3 is 0 Å². The van der Waals surface area contributed by atoms with Gasteiger partial charge in [0.25, 0.3) is 0 Å². The van der Waals surface area contributed by atoms with Crippen molar-refractivity contribution in [1.29, 1.82) is 0 Å². The lowest BCUT2D eigenvalue weighted by Crippen LogP contribution is -2.30. The Morgan fingerprint density at radius 3 is 1.68 bits per heavy atom. The minimum atomic E-state index is 0.133. The first kappa shape index (κ1) is 18.1. The molecular formula is C17H32O2. The van der Waals surface area contributed by atoms with Crippen molar-refractivity contribution in [3.63, 3.8) is 0 Å². The molecule has 0 aromatic carbocycles. The van der Waals surface area contributed by atoms with E-state index in [1.165, 1.54) is 24.0 Å². The van der Waals surface area contributed by atoms with Gasteiger partial charge in [-0.3, -0.25) is 0 Å². The van der Waals surface area contributed by atoms with Crippen LogP contribution in [0.2, 0.25) is 0 Å². The summed E-state index contributed by atoms with van der Waals surface area (Å²) in [6, 6.07) is 0. The SMILES string of the molecule is CCCCC(CC)(COC=C(C)C)COC=C(C)C. The van der Waals surface area contributed by atoms with Gasteiger partial charge in [-0.05, 0) is 51.7 Å². The summed E-state index contributed by atoms with van der Waals surface area (Å²) in [5.41, 5.74) is 2.53. The molecule has 2 nitrogen and oxygen atoms in total. The van der Waals surface area contributed by atoms with Crippen LogP contribution in [-0.2, 0) is 9.47 Å². The predicted molar refractivity (Wildman–Crippen MR) is 83.0 cm³/mol. The zero-order valence-corrected chi connectivity index (χ0v) is 13.7. The molecule has 0 aliphatic carbocycles. The highest BCUT2D eigenvalue weighted by Gasteiger charge is 2.29. The van der Waals surface area contributed by atoms with Gasteiger partial charge in [0, 0.05) is 5.41 Å². The minimum Gasteiger partial charge on any atom is -0.501 e. The van der Waals surface area contributed by atoms with E-state index in [9.17, 15) is 0 Å². The van der Waals surface area contributed by atoms with Crippen LogP contribution in [0.1, 0.15) is 67.2 Å². The lowest BCUT2D eigenvalue weighted by Gasteiger charge is -2.31. The molecule has 2 heteroatoms. The van der Waals surface area contributed by atoms with Crippen molar-refractivity contribution in [2.24, 2.45) is 5.41 Å². The Hall–Kier alpha value is -0.920. The predicted octanol–water partition coefficient (Wildman–Crippen LogP) is 5.45. The van der Waals surface area contributed by atoms with E-state index in [4.69, 9.17) is 9.47 Å². The minimum absolute atomic E-state index is 0.133. The van der Waals surface area contributed by atoms with E-state index in [1.54, 1.807) is 0 Å². The van der Waals surface area contributed by atoms with Gasteiger partial charge in [0.2, 0.25) is 0 Å². The summed E-state index contributed by atoms with van der Waals surface area (Å²) < 4.78 is 11.5. The van der Waals surface area contributed by atoms with E-state index in [-0.39, 0.29) is 5.41 Å². The highest BCUT2D eigenvalue weighted by atomic mass is 16.5. The second-order valence-corrected chi connectivity index (χ2v) is 5.97. The van der Waals surface area contributed by atoms with Gasteiger partial charge in [0.05, 0.1) is 25.7 Å². The lowest BCUT2D eigenvalue weighted by atomic mass is 9.82. The molecule has 0 radical (unpaired) electrons. The lowest BCUT2D eigenvalue weighted by molar-refractivity contribution is 0.0258. The molecule has 0 heterocycles. The first-order chi connectivity index (χ1) is 8.95. The van der Waals surface area contributed by atoms with Crippen LogP contribution >= 0.6 is 0 Å². The molecule has 112 valence electrons. The molecule has 0 aliphatic heterocycles. The highest BCUT2D eigenvalue weighted by Crippen LogP contribution is 2.30. The summed E-state index contributed by atoms with van der Waals surface area (Å²) in [7, 11) is 0. The monoisotopic (exact) mass is 268 g/mol. The van der Waals surface area contributed by atoms with E-state index in [0.717, 1.165) is 26.1 Å². The van der Waals surface area contributed by atoms with Crippen LogP contribution < -0.4 is 0 Å². The van der Waals surface area contributed by atoms with Gasteiger partial charge in [0.1, 0.15) is 0 Å². The zero-order chi connectivity index (χ0) is 14.7. The molecule has 0 spiro atoms. The molecule has 0 N–H and O–H groups in total. The van der Waals surface area contributed by atoms with Crippen molar-refractivity contribution in [2.75, 3.05) is 13.2 Å². The molecule has 0 saturated carbocycles. The Morgan fingerprint density at radius 1 is 0.895 bits per heavy atom. The van der Waals surface area contributed by atoms with Crippen LogP contribution in [-0.4, -0.2) is 13.2 Å². The number of unbranched alkanes of at least 4 members (excludes halogenated alkanes) is 1. The van der Waals surface area contributed by atoms with Crippen molar-refractivity contribution in [3.8, 4) is 0 Å². The van der Waals surface area contributed by atoms with Gasteiger partial charge in [-0.1, -0.05) is 26.7 Å². The number of hydrogen-bond acceptors (Lipinski definition) is 2. The normalized spacial score (nSPS) is 10.8. The van der Waals surface area contributed by atoms with Gasteiger partial charge in [-0.2, -0.15) is 0 Å². The van der Waals surface area contributed by atoms with Gasteiger partial charge in [-0.25, -0.2) is 0 Å². The van der Waals surface area contributed by atoms with E-state index < -0.39 is 0 Å². The fourth-order valence-corrected chi connectivity index (χ4v) is 1.89. The first-order valence-corrected chi connectivity index (χ1v) is 7.45. The van der Waals surface area contributed by atoms with Gasteiger partial charge in [-0.15, -0.1) is 0 Å². The van der Waals surface area contributed by atoms with Crippen molar-refractivity contribution in [3.05, 3.63) is 23.7 Å². The summed E-state index contributed by atoms with van der Waals surface area (Å²) in [4.78, 5) is 0. The zero-order valence-electron chi connectivity index (χ0n) is 13.7. The third-order valence-electron chi connectivity index (χ3n) is 3.23. The molecule has 19 heavy (non-hydrogen) atoms. The topological polar surface area (TPSA) is 18.5 Å². The summed E-state index contributed by atoms with van der Waals surface area (Å²) in [5, 5.41) is 0. The van der Waals surface area contributed by atoms with Crippen molar-refractivity contribution < 1.29 is 9.47 Å². The van der Waals surface area contributed by atoms with Crippen LogP contribution in [0, 0.1) is 5.41 Å². The standard InChI is InChI=1S/C17H32O2/c1-7-9-10-17(8-2,13-18-11-15(3)4)14-19-12-16(5)6/h11-12H,7-10,13-14H2,1-6H3. The fourth-order valence-electron chi connectivity index (χ4n) is 1.89. The average molecular weight is 268 g/mol. The first-order valence-electron chi connectivity index (χ1n) is 7.45. The maximum atomic E-state index is 5.74. The quantitative estimate of drug-likeness (QED) is 0.490. The van der Waals surface area contributed by atoms with Crippen LogP contribution in [0.4, 0.5) is 0 Å². The van der Waals surface area contributed by atoms with E-state index in [1.807, 2.05) is 12.5 Å². The Bertz CT molecular complexity index is 260. The maximum absolute atomic E-state index is 5.74. The van der Waals surface area contributed by atoms with Crippen molar-refractivity contribution in [1.82, 2.24) is 0 Å². The van der Waals surface area contributed by atoms with Crippen LogP contribution in [0.15, 0.2) is 23.7 Å². The molecule has 0 aliphatic rings. The van der Waals surface area contributed by atoms with Crippen LogP contribution in [0.3, 0.4) is 0 Å². The van der Waals surface area contributed by atoms with Crippen molar-refractivity contribution >= 4 is 0 Å². The summed E-state index contributed by atoms with van der Waals surface area (Å²) >= 11 is 0. The number of hydrogen-bond donors (Lipinski definition) is 0. The molecule has 0 amide bonds. The largest absolute Gasteiger partial charge is 0.501 e. The second-order valence-electron chi connectivity index (χ2n) is 5.97. The van der Waals surface area contributed by atoms with Gasteiger partial charge < -0.3 is 9.47 Å². The molecule has 0 unspecified atom stereocenters. The van der Waals surface area contributed by atoms with E-state index in [0.29, 0.717) is 0 Å². The number of allylic oxidation sites excluding steroid dienone is 2. The fraction of sp³-hybridized carbons (Fsp3) is 0.765. The highest BCUT2D eigenvalue weighted by molar-refractivity contribution is 4.89. The van der Waals surface area contributed by atoms with Crippen molar-refractivity contribution in [2.45, 2.75) is 67.2 Å².